The Bertz CT molecular complexity index is 469. The van der Waals surface area contributed by atoms with Crippen LogP contribution in [0.5, 0.6) is 0 Å². The molecule has 0 bridgehead atoms. The largest absolute Gasteiger partial charge is 0.356 e. The Morgan fingerprint density at radius 1 is 1.26 bits per heavy atom. The van der Waals surface area contributed by atoms with Crippen LogP contribution >= 0.6 is 11.8 Å². The van der Waals surface area contributed by atoms with E-state index in [2.05, 4.69) is 64.8 Å². The number of piperidine rings is 1. The first kappa shape index (κ1) is 18.1. The minimum absolute atomic E-state index is 0.499. The van der Waals surface area contributed by atoms with Crippen LogP contribution in [-0.4, -0.2) is 56.4 Å². The first-order valence-electron chi connectivity index (χ1n) is 8.52. The molecule has 1 aromatic carbocycles. The zero-order chi connectivity index (χ0) is 16.5. The fourth-order valence-corrected chi connectivity index (χ4v) is 3.69. The van der Waals surface area contributed by atoms with Crippen LogP contribution in [0.25, 0.3) is 0 Å². The topological polar surface area (TPSA) is 39.7 Å². The molecule has 1 atom stereocenters. The van der Waals surface area contributed by atoms with Crippen LogP contribution in [-0.2, 0) is 0 Å². The van der Waals surface area contributed by atoms with E-state index in [1.54, 1.807) is 0 Å². The quantitative estimate of drug-likeness (QED) is 0.477. The Balaban J connectivity index is 1.66. The van der Waals surface area contributed by atoms with Crippen molar-refractivity contribution in [2.75, 3.05) is 40.3 Å². The molecule has 4 nitrogen and oxygen atoms in total. The van der Waals surface area contributed by atoms with Crippen LogP contribution in [0.1, 0.15) is 19.8 Å². The Hall–Kier alpha value is -1.20. The van der Waals surface area contributed by atoms with Crippen molar-refractivity contribution in [2.45, 2.75) is 29.9 Å². The van der Waals surface area contributed by atoms with E-state index in [-0.39, 0.29) is 0 Å². The normalized spacial score (nSPS) is 18.7. The van der Waals surface area contributed by atoms with Crippen molar-refractivity contribution in [3.63, 3.8) is 0 Å². The maximum atomic E-state index is 4.34. The molecule has 2 rings (SSSR count). The van der Waals surface area contributed by atoms with Crippen molar-refractivity contribution in [3.05, 3.63) is 30.3 Å². The van der Waals surface area contributed by atoms with Gasteiger partial charge >= 0.3 is 0 Å². The molecule has 0 aliphatic carbocycles. The molecule has 0 saturated carbocycles. The zero-order valence-electron chi connectivity index (χ0n) is 14.6. The van der Waals surface area contributed by atoms with Crippen molar-refractivity contribution in [1.29, 1.82) is 0 Å². The molecule has 1 aromatic rings. The van der Waals surface area contributed by atoms with E-state index >= 15 is 0 Å². The number of nitrogens with one attached hydrogen (secondary N) is 2. The van der Waals surface area contributed by atoms with Crippen molar-refractivity contribution in [1.82, 2.24) is 15.5 Å². The fourth-order valence-electron chi connectivity index (χ4n) is 2.74. The number of rotatable bonds is 6. The number of aliphatic imine (C=N–C) groups is 1. The van der Waals surface area contributed by atoms with Gasteiger partial charge in [-0.1, -0.05) is 25.1 Å². The standard InChI is InChI=1S/C18H30N4S/c1-15(23-17-7-5-4-6-8-17)13-20-18(19-2)21-14-16-9-11-22(3)12-10-16/h4-8,15-16H,9-14H2,1-3H3,(H2,19,20,21). The Morgan fingerprint density at radius 3 is 2.61 bits per heavy atom. The molecule has 5 heteroatoms. The summed E-state index contributed by atoms with van der Waals surface area (Å²) in [7, 11) is 4.05. The monoisotopic (exact) mass is 334 g/mol. The van der Waals surface area contributed by atoms with Crippen molar-refractivity contribution < 1.29 is 0 Å². The second-order valence-corrected chi connectivity index (χ2v) is 7.83. The highest BCUT2D eigenvalue weighted by Crippen LogP contribution is 2.21. The molecule has 1 unspecified atom stereocenters. The first-order valence-corrected chi connectivity index (χ1v) is 9.40. The summed E-state index contributed by atoms with van der Waals surface area (Å²) >= 11 is 1.89. The van der Waals surface area contributed by atoms with Gasteiger partial charge in [-0.05, 0) is 51.0 Å². The zero-order valence-corrected chi connectivity index (χ0v) is 15.4. The van der Waals surface area contributed by atoms with Crippen molar-refractivity contribution in [2.24, 2.45) is 10.9 Å². The second-order valence-electron chi connectivity index (χ2n) is 6.32. The van der Waals surface area contributed by atoms with E-state index in [9.17, 15) is 0 Å². The third kappa shape index (κ3) is 6.83. The van der Waals surface area contributed by atoms with E-state index in [0.29, 0.717) is 5.25 Å². The molecule has 0 aromatic heterocycles. The molecule has 23 heavy (non-hydrogen) atoms. The van der Waals surface area contributed by atoms with Crippen LogP contribution in [0.3, 0.4) is 0 Å². The highest BCUT2D eigenvalue weighted by molar-refractivity contribution is 8.00. The van der Waals surface area contributed by atoms with Crippen LogP contribution in [0.4, 0.5) is 0 Å². The number of benzene rings is 1. The van der Waals surface area contributed by atoms with Gasteiger partial charge < -0.3 is 15.5 Å². The molecule has 0 radical (unpaired) electrons. The highest BCUT2D eigenvalue weighted by atomic mass is 32.2. The van der Waals surface area contributed by atoms with E-state index in [4.69, 9.17) is 0 Å². The molecular formula is C18H30N4S. The lowest BCUT2D eigenvalue weighted by Gasteiger charge is -2.29. The summed E-state index contributed by atoms with van der Waals surface area (Å²) in [6.07, 6.45) is 2.56. The van der Waals surface area contributed by atoms with Crippen LogP contribution in [0, 0.1) is 5.92 Å². The van der Waals surface area contributed by atoms with Gasteiger partial charge in [0, 0.05) is 30.3 Å². The smallest absolute Gasteiger partial charge is 0.191 e. The van der Waals surface area contributed by atoms with Gasteiger partial charge in [0.05, 0.1) is 0 Å². The number of nitrogens with zero attached hydrogens (tertiary/aromatic N) is 2. The molecule has 1 aliphatic heterocycles. The van der Waals surface area contributed by atoms with Gasteiger partial charge in [-0.3, -0.25) is 4.99 Å². The summed E-state index contributed by atoms with van der Waals surface area (Å²) in [5.74, 6) is 1.69. The van der Waals surface area contributed by atoms with E-state index in [0.717, 1.165) is 25.0 Å². The summed E-state index contributed by atoms with van der Waals surface area (Å²) in [6, 6.07) is 10.6. The van der Waals surface area contributed by atoms with Gasteiger partial charge in [-0.25, -0.2) is 0 Å². The molecule has 1 fully saturated rings. The van der Waals surface area contributed by atoms with Gasteiger partial charge in [0.2, 0.25) is 0 Å². The minimum atomic E-state index is 0.499. The summed E-state index contributed by atoms with van der Waals surface area (Å²) in [5, 5.41) is 7.43. The Kier molecular flexibility index (Phi) is 7.76. The van der Waals surface area contributed by atoms with Crippen LogP contribution < -0.4 is 10.6 Å². The summed E-state index contributed by atoms with van der Waals surface area (Å²) in [4.78, 5) is 8.07. The molecular weight excluding hydrogens is 304 g/mol. The molecule has 0 amide bonds. The molecule has 128 valence electrons. The number of hydrogen-bond acceptors (Lipinski definition) is 3. The fraction of sp³-hybridized carbons (Fsp3) is 0.611. The third-order valence-electron chi connectivity index (χ3n) is 4.26. The Morgan fingerprint density at radius 2 is 1.96 bits per heavy atom. The number of hydrogen-bond donors (Lipinski definition) is 2. The first-order chi connectivity index (χ1) is 11.2. The number of likely N-dealkylation sites (tertiary alicyclic amines) is 1. The van der Waals surface area contributed by atoms with Gasteiger partial charge in [0.1, 0.15) is 0 Å². The summed E-state index contributed by atoms with van der Waals surface area (Å²) < 4.78 is 0. The number of guanidine groups is 1. The van der Waals surface area contributed by atoms with Crippen LogP contribution in [0.15, 0.2) is 40.2 Å². The van der Waals surface area contributed by atoms with E-state index < -0.39 is 0 Å². The molecule has 1 heterocycles. The predicted molar refractivity (Wildman–Crippen MR) is 101 cm³/mol. The summed E-state index contributed by atoms with van der Waals surface area (Å²) in [6.45, 7) is 6.60. The van der Waals surface area contributed by atoms with Crippen molar-refractivity contribution >= 4 is 17.7 Å². The average molecular weight is 335 g/mol. The molecule has 0 spiro atoms. The Labute approximate surface area is 145 Å². The predicted octanol–water partition coefficient (Wildman–Crippen LogP) is 2.67. The SMILES string of the molecule is CN=C(NCC1CCN(C)CC1)NCC(C)Sc1ccccc1. The maximum Gasteiger partial charge on any atom is 0.191 e. The van der Waals surface area contributed by atoms with Gasteiger partial charge in [0.15, 0.2) is 5.96 Å². The summed E-state index contributed by atoms with van der Waals surface area (Å²) in [5.41, 5.74) is 0. The van der Waals surface area contributed by atoms with Gasteiger partial charge in [-0.15, -0.1) is 11.8 Å². The van der Waals surface area contributed by atoms with Gasteiger partial charge in [-0.2, -0.15) is 0 Å². The third-order valence-corrected chi connectivity index (χ3v) is 5.37. The maximum absolute atomic E-state index is 4.34. The van der Waals surface area contributed by atoms with Gasteiger partial charge in [0.25, 0.3) is 0 Å². The average Bonchev–Trinajstić information content (AvgIpc) is 2.57. The number of thioether (sulfide) groups is 1. The molecule has 1 aliphatic rings. The molecule has 1 saturated heterocycles. The van der Waals surface area contributed by atoms with Crippen molar-refractivity contribution in [3.8, 4) is 0 Å². The lowest BCUT2D eigenvalue weighted by Crippen LogP contribution is -2.43. The van der Waals surface area contributed by atoms with E-state index in [1.165, 1.54) is 30.8 Å². The lowest BCUT2D eigenvalue weighted by atomic mass is 9.97. The highest BCUT2D eigenvalue weighted by Gasteiger charge is 2.16. The molecule has 2 N–H and O–H groups in total. The van der Waals surface area contributed by atoms with Crippen LogP contribution in [0.2, 0.25) is 0 Å². The second kappa shape index (κ2) is 9.83. The lowest BCUT2D eigenvalue weighted by molar-refractivity contribution is 0.220. The minimum Gasteiger partial charge on any atom is -0.356 e. The van der Waals surface area contributed by atoms with E-state index in [1.807, 2.05) is 18.8 Å².